The third-order valence-electron chi connectivity index (χ3n) is 5.86. The van der Waals surface area contributed by atoms with Crippen LogP contribution in [0.25, 0.3) is 0 Å². The Morgan fingerprint density at radius 2 is 1.03 bits per heavy atom. The van der Waals surface area contributed by atoms with Gasteiger partial charge in [-0.15, -0.1) is 0 Å². The maximum atomic E-state index is 12.6. The van der Waals surface area contributed by atoms with Gasteiger partial charge in [0.2, 0.25) is 8.32 Å². The summed E-state index contributed by atoms with van der Waals surface area (Å²) in [6.07, 6.45) is 0. The normalized spacial score (nSPS) is 14.7. The van der Waals surface area contributed by atoms with Crippen LogP contribution in [0.1, 0.15) is 96.9 Å². The monoisotopic (exact) mass is 492 g/mol. The summed E-state index contributed by atoms with van der Waals surface area (Å²) in [5, 5.41) is -0.0318. The zero-order valence-electron chi connectivity index (χ0n) is 21.7. The van der Waals surface area contributed by atoms with Gasteiger partial charge >= 0.3 is 15.6 Å². The Bertz CT molecular complexity index is 599. The molecule has 30 heavy (non-hydrogen) atoms. The smallest absolute Gasteiger partial charge is 0.307 e. The number of rotatable bonds is 6. The number of hydrogen-bond donors (Lipinski definition) is 0. The Morgan fingerprint density at radius 3 is 1.13 bits per heavy atom. The molecule has 9 heteroatoms. The Kier molecular flexibility index (Phi) is 11.7. The Morgan fingerprint density at radius 1 is 0.733 bits per heavy atom. The fraction of sp³-hybridized carbons (Fsp3) is 1.00. The van der Waals surface area contributed by atoms with Crippen molar-refractivity contribution in [3.8, 4) is 0 Å². The van der Waals surface area contributed by atoms with Crippen LogP contribution in [0, 0.1) is 0 Å². The third kappa shape index (κ3) is 8.24. The zero-order chi connectivity index (χ0) is 25.1. The van der Waals surface area contributed by atoms with Gasteiger partial charge in [-0.05, 0) is 21.2 Å². The van der Waals surface area contributed by atoms with Crippen LogP contribution < -0.4 is 0 Å². The molecule has 0 N–H and O–H groups in total. The van der Waals surface area contributed by atoms with Gasteiger partial charge in [-0.1, -0.05) is 108 Å². The minimum absolute atomic E-state index is 0.260. The Labute approximate surface area is 187 Å². The summed E-state index contributed by atoms with van der Waals surface area (Å²) < 4.78 is 65.4. The molecule has 0 fully saturated rings. The largest absolute Gasteiger partial charge is 0.522 e. The average Bonchev–Trinajstić information content (AvgIpc) is 2.38. The maximum Gasteiger partial charge on any atom is 0.522 e. The molecule has 0 aromatic heterocycles. The molecular weight excluding hydrogens is 445 g/mol. The molecule has 0 aromatic carbocycles. The molecule has 0 heterocycles. The molecule has 0 bridgehead atoms. The lowest BCUT2D eigenvalue weighted by Gasteiger charge is -2.47. The molecule has 0 amide bonds. The topological polar surface area (TPSA) is 43.4 Å². The van der Waals surface area contributed by atoms with Gasteiger partial charge in [-0.25, -0.2) is 0 Å². The fourth-order valence-electron chi connectivity index (χ4n) is 5.71. The van der Waals surface area contributed by atoms with Crippen molar-refractivity contribution in [1.29, 1.82) is 0 Å². The summed E-state index contributed by atoms with van der Waals surface area (Å²) >= 11 is 0. The lowest BCUT2D eigenvalue weighted by atomic mass is 10.2. The van der Waals surface area contributed by atoms with Crippen molar-refractivity contribution in [2.24, 2.45) is 0 Å². The van der Waals surface area contributed by atoms with E-state index in [1.165, 1.54) is 0 Å². The molecule has 184 valence electrons. The van der Waals surface area contributed by atoms with Crippen molar-refractivity contribution in [2.45, 2.75) is 135 Å². The van der Waals surface area contributed by atoms with Gasteiger partial charge in [0.05, 0.1) is 0 Å². The maximum absolute atomic E-state index is 12.6. The molecule has 0 radical (unpaired) electrons. The second-order valence-electron chi connectivity index (χ2n) is 11.7. The summed E-state index contributed by atoms with van der Waals surface area (Å²) in [6, 6.07) is 0. The van der Waals surface area contributed by atoms with Gasteiger partial charge < -0.3 is 3.87 Å². The zero-order valence-corrected chi connectivity index (χ0v) is 24.6. The van der Waals surface area contributed by atoms with Crippen molar-refractivity contribution in [1.82, 2.24) is 0 Å². The molecule has 0 atom stereocenters. The molecule has 0 spiro atoms. The van der Waals surface area contributed by atoms with E-state index in [0.29, 0.717) is 5.04 Å². The molecule has 3 nitrogen and oxygen atoms in total. The van der Waals surface area contributed by atoms with Crippen molar-refractivity contribution in [3.63, 3.8) is 0 Å². The molecule has 0 unspecified atom stereocenters. The second-order valence-corrected chi connectivity index (χ2v) is 24.6. The molecule has 0 saturated carbocycles. The first-order valence-electron chi connectivity index (χ1n) is 10.9. The van der Waals surface area contributed by atoms with Crippen LogP contribution in [0.5, 0.6) is 0 Å². The van der Waals surface area contributed by atoms with Gasteiger partial charge in [0.25, 0.3) is 0 Å². The van der Waals surface area contributed by atoms with Gasteiger partial charge in [0.15, 0.2) is 0 Å². The molecule has 0 saturated heterocycles. The SMILES string of the molecule is CC(C)[SiH](C(C)C)C(C)(C)C.CC(C)[Si](OS(=O)(=O)C(F)(F)F)(C(C)C)C(C)(C)C. The predicted octanol–water partition coefficient (Wildman–Crippen LogP) is 8.25. The highest BCUT2D eigenvalue weighted by molar-refractivity contribution is 7.88. The minimum Gasteiger partial charge on any atom is -0.307 e. The molecule has 0 aliphatic heterocycles. The van der Waals surface area contributed by atoms with Crippen LogP contribution in [-0.2, 0) is 14.0 Å². The highest BCUT2D eigenvalue weighted by Crippen LogP contribution is 2.52. The molecule has 0 aliphatic rings. The first-order chi connectivity index (χ1) is 12.9. The lowest BCUT2D eigenvalue weighted by Crippen LogP contribution is -2.55. The summed E-state index contributed by atoms with van der Waals surface area (Å²) in [4.78, 5) is 0. The molecular formula is C21H47F3O3SSi2. The van der Waals surface area contributed by atoms with E-state index in [9.17, 15) is 21.6 Å². The van der Waals surface area contributed by atoms with Gasteiger partial charge in [0, 0.05) is 8.80 Å². The van der Waals surface area contributed by atoms with Crippen LogP contribution in [0.2, 0.25) is 32.2 Å². The van der Waals surface area contributed by atoms with Crippen LogP contribution >= 0.6 is 0 Å². The van der Waals surface area contributed by atoms with E-state index >= 15 is 0 Å². The number of halogens is 3. The highest BCUT2D eigenvalue weighted by atomic mass is 32.2. The summed E-state index contributed by atoms with van der Waals surface area (Å²) in [6.45, 7) is 28.9. The number of alkyl halides is 3. The Hall–Kier alpha value is 0.134. The quantitative estimate of drug-likeness (QED) is 0.277. The van der Waals surface area contributed by atoms with Crippen LogP contribution in [-0.4, -0.2) is 31.0 Å². The minimum atomic E-state index is -5.57. The van der Waals surface area contributed by atoms with Crippen molar-refractivity contribution in [3.05, 3.63) is 0 Å². The van der Waals surface area contributed by atoms with Crippen molar-refractivity contribution < 1.29 is 25.5 Å². The van der Waals surface area contributed by atoms with Gasteiger partial charge in [0.1, 0.15) is 0 Å². The third-order valence-corrected chi connectivity index (χ3v) is 19.1. The van der Waals surface area contributed by atoms with Crippen molar-refractivity contribution >= 4 is 27.2 Å². The molecule has 0 aliphatic carbocycles. The standard InChI is InChI=1S/C11H23F3O3SSi.C10H24Si/c1-8(2)19(9(3)4,10(5,6)7)17-18(15,16)11(12,13)14;1-8(2)11(9(3)4)10(5,6)7/h8-9H,1-7H3;8-9,11H,1-7H3. The summed E-state index contributed by atoms with van der Waals surface area (Å²) in [5.41, 5.74) is -4.01. The van der Waals surface area contributed by atoms with Crippen molar-refractivity contribution in [2.75, 3.05) is 0 Å². The Balaban J connectivity index is 0. The van der Waals surface area contributed by atoms with E-state index in [1.807, 2.05) is 0 Å². The van der Waals surface area contributed by atoms with E-state index in [-0.39, 0.29) is 11.1 Å². The molecule has 0 aromatic rings. The summed E-state index contributed by atoms with van der Waals surface area (Å²) in [7, 11) is -9.34. The van der Waals surface area contributed by atoms with Gasteiger partial charge in [-0.3, -0.25) is 0 Å². The first-order valence-corrected chi connectivity index (χ1v) is 16.3. The van der Waals surface area contributed by atoms with E-state index in [0.717, 1.165) is 11.1 Å². The fourth-order valence-corrected chi connectivity index (χ4v) is 20.4. The van der Waals surface area contributed by atoms with E-state index < -0.39 is 37.8 Å². The highest BCUT2D eigenvalue weighted by Gasteiger charge is 2.59. The van der Waals surface area contributed by atoms with Crippen LogP contribution in [0.3, 0.4) is 0 Å². The van der Waals surface area contributed by atoms with Gasteiger partial charge in [-0.2, -0.15) is 21.6 Å². The molecule has 0 rings (SSSR count). The van der Waals surface area contributed by atoms with Crippen LogP contribution in [0.15, 0.2) is 0 Å². The van der Waals surface area contributed by atoms with E-state index in [4.69, 9.17) is 3.87 Å². The van der Waals surface area contributed by atoms with E-state index in [2.05, 4.69) is 48.5 Å². The number of hydrogen-bond acceptors (Lipinski definition) is 3. The summed E-state index contributed by atoms with van der Waals surface area (Å²) in [5.74, 6) is 0. The second kappa shape index (κ2) is 10.8. The van der Waals surface area contributed by atoms with Crippen LogP contribution in [0.4, 0.5) is 13.2 Å². The predicted molar refractivity (Wildman–Crippen MR) is 129 cm³/mol. The average molecular weight is 493 g/mol. The van der Waals surface area contributed by atoms with E-state index in [1.54, 1.807) is 48.5 Å². The lowest BCUT2D eigenvalue weighted by molar-refractivity contribution is -0.0506. The first kappa shape index (κ1) is 32.3.